The van der Waals surface area contributed by atoms with Gasteiger partial charge in [0.1, 0.15) is 29.1 Å². The van der Waals surface area contributed by atoms with Crippen LogP contribution in [0.1, 0.15) is 54.5 Å². The number of methoxy groups -OCH3 is 1. The van der Waals surface area contributed by atoms with E-state index in [1.807, 2.05) is 11.0 Å². The molecule has 0 bridgehead atoms. The van der Waals surface area contributed by atoms with E-state index in [-0.39, 0.29) is 12.2 Å². The van der Waals surface area contributed by atoms with E-state index in [4.69, 9.17) is 10.00 Å². The molecule has 1 aromatic heterocycles. The van der Waals surface area contributed by atoms with Crippen molar-refractivity contribution in [3.8, 4) is 11.8 Å². The molecule has 5 nitrogen and oxygen atoms in total. The number of nitriles is 1. The van der Waals surface area contributed by atoms with Crippen LogP contribution >= 0.6 is 0 Å². The van der Waals surface area contributed by atoms with Gasteiger partial charge in [-0.15, -0.1) is 0 Å². The van der Waals surface area contributed by atoms with E-state index in [1.165, 1.54) is 13.2 Å². The van der Waals surface area contributed by atoms with E-state index >= 15 is 0 Å². The standard InChI is InChI=1S/C23H24F3N3O2/c1-15(17-5-6-18(14-27)20(13-17)31-2)19(30)9-7-16-8-10-21(23(24,25)26)28-22(16)29-11-3-4-12-29/h5-6,8,10,13,15H,3-4,7,9,11-12H2,1-2H3. The summed E-state index contributed by atoms with van der Waals surface area (Å²) in [5.74, 6) is 0.258. The fraction of sp³-hybridized carbons (Fsp3) is 0.435. The molecular weight excluding hydrogens is 407 g/mol. The lowest BCUT2D eigenvalue weighted by atomic mass is 9.92. The molecule has 8 heteroatoms. The van der Waals surface area contributed by atoms with Gasteiger partial charge in [-0.2, -0.15) is 18.4 Å². The summed E-state index contributed by atoms with van der Waals surface area (Å²) >= 11 is 0. The minimum atomic E-state index is -4.51. The molecule has 0 radical (unpaired) electrons. The van der Waals surface area contributed by atoms with Gasteiger partial charge in [-0.25, -0.2) is 4.98 Å². The highest BCUT2D eigenvalue weighted by Gasteiger charge is 2.34. The van der Waals surface area contributed by atoms with Gasteiger partial charge < -0.3 is 9.64 Å². The molecule has 2 aromatic rings. The van der Waals surface area contributed by atoms with Crippen molar-refractivity contribution in [1.82, 2.24) is 4.98 Å². The zero-order chi connectivity index (χ0) is 22.6. The average molecular weight is 431 g/mol. The number of pyridine rings is 1. The van der Waals surface area contributed by atoms with Crippen molar-refractivity contribution in [1.29, 1.82) is 5.26 Å². The number of ketones is 1. The number of anilines is 1. The lowest BCUT2D eigenvalue weighted by molar-refractivity contribution is -0.141. The summed E-state index contributed by atoms with van der Waals surface area (Å²) in [6.45, 7) is 3.10. The normalized spacial score (nSPS) is 14.9. The Kier molecular flexibility index (Phi) is 6.84. The number of carbonyl (C=O) groups excluding carboxylic acids is 1. The third kappa shape index (κ3) is 5.16. The second-order valence-corrected chi connectivity index (χ2v) is 7.63. The molecule has 2 heterocycles. The van der Waals surface area contributed by atoms with Crippen LogP contribution in [0.3, 0.4) is 0 Å². The van der Waals surface area contributed by atoms with Gasteiger partial charge in [-0.1, -0.05) is 19.1 Å². The van der Waals surface area contributed by atoms with Crippen LogP contribution in [0.4, 0.5) is 19.0 Å². The van der Waals surface area contributed by atoms with Crippen LogP contribution in [-0.4, -0.2) is 31.0 Å². The molecule has 0 spiro atoms. The molecule has 1 fully saturated rings. The average Bonchev–Trinajstić information content (AvgIpc) is 3.30. The maximum absolute atomic E-state index is 13.1. The van der Waals surface area contributed by atoms with Gasteiger partial charge >= 0.3 is 6.18 Å². The smallest absolute Gasteiger partial charge is 0.433 e. The molecular formula is C23H24F3N3O2. The summed E-state index contributed by atoms with van der Waals surface area (Å²) in [5.41, 5.74) is 0.846. The maximum atomic E-state index is 13.1. The van der Waals surface area contributed by atoms with Crippen molar-refractivity contribution in [2.75, 3.05) is 25.1 Å². The summed E-state index contributed by atoms with van der Waals surface area (Å²) in [7, 11) is 1.46. The van der Waals surface area contributed by atoms with Crippen molar-refractivity contribution in [2.45, 2.75) is 44.7 Å². The Morgan fingerprint density at radius 2 is 1.97 bits per heavy atom. The van der Waals surface area contributed by atoms with Gasteiger partial charge in [0, 0.05) is 25.4 Å². The number of carbonyl (C=O) groups is 1. The van der Waals surface area contributed by atoms with Crippen LogP contribution in [0, 0.1) is 11.3 Å². The molecule has 0 N–H and O–H groups in total. The first-order valence-corrected chi connectivity index (χ1v) is 10.2. The van der Waals surface area contributed by atoms with Crippen molar-refractivity contribution >= 4 is 11.6 Å². The molecule has 1 aromatic carbocycles. The van der Waals surface area contributed by atoms with E-state index < -0.39 is 17.8 Å². The van der Waals surface area contributed by atoms with E-state index in [0.29, 0.717) is 42.2 Å². The molecule has 3 rings (SSSR count). The predicted molar refractivity (Wildman–Crippen MR) is 110 cm³/mol. The minimum absolute atomic E-state index is 0.0426. The van der Waals surface area contributed by atoms with Crippen LogP contribution in [-0.2, 0) is 17.4 Å². The number of rotatable bonds is 7. The zero-order valence-electron chi connectivity index (χ0n) is 17.5. The van der Waals surface area contributed by atoms with Gasteiger partial charge in [-0.05, 0) is 48.6 Å². The van der Waals surface area contributed by atoms with Gasteiger partial charge in [-0.3, -0.25) is 4.79 Å². The van der Waals surface area contributed by atoms with E-state index in [2.05, 4.69) is 4.98 Å². The van der Waals surface area contributed by atoms with Crippen LogP contribution in [0.25, 0.3) is 0 Å². The van der Waals surface area contributed by atoms with E-state index in [0.717, 1.165) is 24.5 Å². The lowest BCUT2D eigenvalue weighted by Gasteiger charge is -2.22. The van der Waals surface area contributed by atoms with Crippen molar-refractivity contribution in [3.05, 3.63) is 52.7 Å². The second kappa shape index (κ2) is 9.38. The molecule has 0 aliphatic carbocycles. The molecule has 0 amide bonds. The quantitative estimate of drug-likeness (QED) is 0.625. The summed E-state index contributed by atoms with van der Waals surface area (Å²) < 4.78 is 44.6. The monoisotopic (exact) mass is 431 g/mol. The number of alkyl halides is 3. The van der Waals surface area contributed by atoms with Gasteiger partial charge in [0.2, 0.25) is 0 Å². The van der Waals surface area contributed by atoms with Gasteiger partial charge in [0.15, 0.2) is 0 Å². The number of hydrogen-bond donors (Lipinski definition) is 0. The van der Waals surface area contributed by atoms with Crippen molar-refractivity contribution < 1.29 is 22.7 Å². The largest absolute Gasteiger partial charge is 0.495 e. The van der Waals surface area contributed by atoms with Crippen LogP contribution in [0.2, 0.25) is 0 Å². The fourth-order valence-corrected chi connectivity index (χ4v) is 3.76. The molecule has 31 heavy (non-hydrogen) atoms. The minimum Gasteiger partial charge on any atom is -0.495 e. The highest BCUT2D eigenvalue weighted by atomic mass is 19.4. The number of aryl methyl sites for hydroxylation is 1. The number of hydrogen-bond acceptors (Lipinski definition) is 5. The molecule has 1 aliphatic heterocycles. The fourth-order valence-electron chi connectivity index (χ4n) is 3.76. The highest BCUT2D eigenvalue weighted by molar-refractivity contribution is 5.85. The zero-order valence-corrected chi connectivity index (χ0v) is 17.5. The van der Waals surface area contributed by atoms with Crippen LogP contribution < -0.4 is 9.64 Å². The topological polar surface area (TPSA) is 66.2 Å². The Morgan fingerprint density at radius 1 is 1.26 bits per heavy atom. The molecule has 1 unspecified atom stereocenters. The summed E-state index contributed by atoms with van der Waals surface area (Å²) in [6.07, 6.45) is -2.20. The first-order valence-electron chi connectivity index (χ1n) is 10.2. The Hall–Kier alpha value is -3.08. The van der Waals surface area contributed by atoms with Crippen molar-refractivity contribution in [3.63, 3.8) is 0 Å². The molecule has 0 saturated carbocycles. The molecule has 1 saturated heterocycles. The van der Waals surface area contributed by atoms with Crippen LogP contribution in [0.5, 0.6) is 5.75 Å². The maximum Gasteiger partial charge on any atom is 0.433 e. The summed E-state index contributed by atoms with van der Waals surface area (Å²) in [6, 6.07) is 9.46. The predicted octanol–water partition coefficient (Wildman–Crippen LogP) is 4.89. The first kappa shape index (κ1) is 22.6. The second-order valence-electron chi connectivity index (χ2n) is 7.63. The van der Waals surface area contributed by atoms with Crippen LogP contribution in [0.15, 0.2) is 30.3 Å². The lowest BCUT2D eigenvalue weighted by Crippen LogP contribution is -2.23. The van der Waals surface area contributed by atoms with Gasteiger partial charge in [0.05, 0.1) is 12.7 Å². The number of Topliss-reactive ketones (excluding diaryl/α,β-unsaturated/α-hetero) is 1. The number of halogens is 3. The van der Waals surface area contributed by atoms with Gasteiger partial charge in [0.25, 0.3) is 0 Å². The van der Waals surface area contributed by atoms with E-state index in [1.54, 1.807) is 25.1 Å². The molecule has 164 valence electrons. The summed E-state index contributed by atoms with van der Waals surface area (Å²) in [4.78, 5) is 18.6. The summed E-state index contributed by atoms with van der Waals surface area (Å²) in [5, 5.41) is 9.11. The number of benzene rings is 1. The SMILES string of the molecule is COc1cc(C(C)C(=O)CCc2ccc(C(F)(F)F)nc2N2CCCC2)ccc1C#N. The molecule has 1 aliphatic rings. The third-order valence-corrected chi connectivity index (χ3v) is 5.62. The molecule has 1 atom stereocenters. The third-order valence-electron chi connectivity index (χ3n) is 5.62. The Labute approximate surface area is 179 Å². The first-order chi connectivity index (χ1) is 14.7. The Bertz CT molecular complexity index is 993. The van der Waals surface area contributed by atoms with Crippen molar-refractivity contribution in [2.24, 2.45) is 0 Å². The number of nitrogens with zero attached hydrogens (tertiary/aromatic N) is 3. The Balaban J connectivity index is 1.77. The number of aromatic nitrogens is 1. The Morgan fingerprint density at radius 3 is 2.58 bits per heavy atom. The van der Waals surface area contributed by atoms with E-state index in [9.17, 15) is 18.0 Å². The highest BCUT2D eigenvalue weighted by Crippen LogP contribution is 2.33. The number of ether oxygens (including phenoxy) is 1.